The largest absolute Gasteiger partial charge is 0.497 e. The van der Waals surface area contributed by atoms with Crippen molar-refractivity contribution in [3.05, 3.63) is 53.8 Å². The van der Waals surface area contributed by atoms with Gasteiger partial charge in [-0.3, -0.25) is 0 Å². The Balaban J connectivity index is 1.75. The van der Waals surface area contributed by atoms with E-state index in [9.17, 15) is 4.39 Å². The minimum atomic E-state index is -0.232. The van der Waals surface area contributed by atoms with Gasteiger partial charge in [-0.25, -0.2) is 9.37 Å². The lowest BCUT2D eigenvalue weighted by atomic mass is 10.2. The number of nitrogens with one attached hydrogen (secondary N) is 2. The summed E-state index contributed by atoms with van der Waals surface area (Å²) in [5, 5.41) is 3.18. The van der Waals surface area contributed by atoms with Crippen LogP contribution in [-0.4, -0.2) is 17.1 Å². The van der Waals surface area contributed by atoms with E-state index in [0.29, 0.717) is 12.5 Å². The molecule has 0 saturated heterocycles. The van der Waals surface area contributed by atoms with Crippen LogP contribution in [0.5, 0.6) is 5.75 Å². The highest BCUT2D eigenvalue weighted by atomic mass is 19.1. The van der Waals surface area contributed by atoms with Gasteiger partial charge in [-0.15, -0.1) is 0 Å². The Labute approximate surface area is 115 Å². The summed E-state index contributed by atoms with van der Waals surface area (Å²) < 4.78 is 18.0. The summed E-state index contributed by atoms with van der Waals surface area (Å²) in [6, 6.07) is 12.0. The molecule has 0 fully saturated rings. The van der Waals surface area contributed by atoms with E-state index in [1.807, 2.05) is 18.2 Å². The molecule has 0 radical (unpaired) electrons. The van der Waals surface area contributed by atoms with E-state index in [4.69, 9.17) is 4.74 Å². The van der Waals surface area contributed by atoms with Gasteiger partial charge < -0.3 is 15.0 Å². The number of H-pyrrole nitrogens is 1. The molecule has 0 spiro atoms. The number of aromatic nitrogens is 2. The number of aromatic amines is 1. The smallest absolute Gasteiger partial charge is 0.201 e. The van der Waals surface area contributed by atoms with Gasteiger partial charge in [0.05, 0.1) is 18.1 Å². The molecule has 0 bridgehead atoms. The predicted molar refractivity (Wildman–Crippen MR) is 76.4 cm³/mol. The van der Waals surface area contributed by atoms with E-state index in [1.165, 1.54) is 12.1 Å². The maximum absolute atomic E-state index is 12.8. The molecule has 2 aromatic carbocycles. The highest BCUT2D eigenvalue weighted by Gasteiger charge is 2.03. The van der Waals surface area contributed by atoms with Gasteiger partial charge >= 0.3 is 0 Å². The van der Waals surface area contributed by atoms with E-state index < -0.39 is 0 Å². The molecule has 20 heavy (non-hydrogen) atoms. The number of hydrogen-bond acceptors (Lipinski definition) is 3. The monoisotopic (exact) mass is 271 g/mol. The number of hydrogen-bond donors (Lipinski definition) is 2. The maximum atomic E-state index is 12.8. The second-order valence-corrected chi connectivity index (χ2v) is 4.45. The summed E-state index contributed by atoms with van der Waals surface area (Å²) in [7, 11) is 1.63. The first-order valence-electron chi connectivity index (χ1n) is 6.27. The molecular formula is C15H14FN3O. The van der Waals surface area contributed by atoms with Crippen LogP contribution >= 0.6 is 0 Å². The van der Waals surface area contributed by atoms with Crippen molar-refractivity contribution in [3.8, 4) is 5.75 Å². The van der Waals surface area contributed by atoms with Crippen molar-refractivity contribution in [3.63, 3.8) is 0 Å². The summed E-state index contributed by atoms with van der Waals surface area (Å²) in [6.45, 7) is 0.581. The van der Waals surface area contributed by atoms with Crippen LogP contribution in [0, 0.1) is 5.82 Å². The van der Waals surface area contributed by atoms with Crippen LogP contribution in [0.4, 0.5) is 10.3 Å². The lowest BCUT2D eigenvalue weighted by Crippen LogP contribution is -2.00. The van der Waals surface area contributed by atoms with E-state index in [1.54, 1.807) is 19.2 Å². The van der Waals surface area contributed by atoms with Gasteiger partial charge in [0.2, 0.25) is 5.95 Å². The van der Waals surface area contributed by atoms with Crippen LogP contribution in [0.3, 0.4) is 0 Å². The average molecular weight is 271 g/mol. The number of ether oxygens (including phenoxy) is 1. The van der Waals surface area contributed by atoms with Crippen LogP contribution < -0.4 is 10.1 Å². The number of anilines is 1. The van der Waals surface area contributed by atoms with Crippen molar-refractivity contribution in [2.24, 2.45) is 0 Å². The van der Waals surface area contributed by atoms with Gasteiger partial charge in [0.15, 0.2) is 0 Å². The molecule has 1 heterocycles. The first-order chi connectivity index (χ1) is 9.74. The number of methoxy groups -OCH3 is 1. The second-order valence-electron chi connectivity index (χ2n) is 4.45. The quantitative estimate of drug-likeness (QED) is 0.765. The molecule has 0 aliphatic heterocycles. The molecule has 3 aromatic rings. The van der Waals surface area contributed by atoms with Crippen LogP contribution in [0.2, 0.25) is 0 Å². The molecule has 5 heteroatoms. The van der Waals surface area contributed by atoms with Crippen molar-refractivity contribution < 1.29 is 9.13 Å². The van der Waals surface area contributed by atoms with Gasteiger partial charge in [0, 0.05) is 12.6 Å². The molecule has 0 amide bonds. The highest BCUT2D eigenvalue weighted by Crippen LogP contribution is 2.20. The predicted octanol–water partition coefficient (Wildman–Crippen LogP) is 3.32. The summed E-state index contributed by atoms with van der Waals surface area (Å²) in [6.07, 6.45) is 0. The molecule has 102 valence electrons. The number of imidazole rings is 1. The van der Waals surface area contributed by atoms with Crippen molar-refractivity contribution >= 4 is 17.0 Å². The Kier molecular flexibility index (Phi) is 3.25. The third-order valence-corrected chi connectivity index (χ3v) is 3.06. The number of benzene rings is 2. The van der Waals surface area contributed by atoms with Crippen LogP contribution in [0.15, 0.2) is 42.5 Å². The van der Waals surface area contributed by atoms with E-state index >= 15 is 0 Å². The van der Waals surface area contributed by atoms with Crippen molar-refractivity contribution in [2.75, 3.05) is 12.4 Å². The summed E-state index contributed by atoms with van der Waals surface area (Å²) in [5.74, 6) is 1.23. The Hall–Kier alpha value is -2.56. The fourth-order valence-electron chi connectivity index (χ4n) is 1.99. The molecule has 0 saturated carbocycles. The van der Waals surface area contributed by atoms with E-state index in [-0.39, 0.29) is 5.82 Å². The lowest BCUT2D eigenvalue weighted by Gasteiger charge is -2.02. The van der Waals surface area contributed by atoms with Crippen LogP contribution in [0.25, 0.3) is 11.0 Å². The van der Waals surface area contributed by atoms with Crippen LogP contribution in [-0.2, 0) is 6.54 Å². The summed E-state index contributed by atoms with van der Waals surface area (Å²) >= 11 is 0. The second kappa shape index (κ2) is 5.21. The fourth-order valence-corrected chi connectivity index (χ4v) is 1.99. The minimum absolute atomic E-state index is 0.232. The summed E-state index contributed by atoms with van der Waals surface area (Å²) in [4.78, 5) is 7.60. The molecular weight excluding hydrogens is 257 g/mol. The Bertz CT molecular complexity index is 722. The van der Waals surface area contributed by atoms with Gasteiger partial charge in [0.1, 0.15) is 11.6 Å². The summed E-state index contributed by atoms with van der Waals surface area (Å²) in [5.41, 5.74) is 2.77. The van der Waals surface area contributed by atoms with Gasteiger partial charge in [-0.1, -0.05) is 12.1 Å². The molecule has 0 unspecified atom stereocenters. The lowest BCUT2D eigenvalue weighted by molar-refractivity contribution is 0.415. The number of nitrogens with zero attached hydrogens (tertiary/aromatic N) is 1. The zero-order valence-corrected chi connectivity index (χ0v) is 11.0. The molecule has 3 rings (SSSR count). The molecule has 4 nitrogen and oxygen atoms in total. The fraction of sp³-hybridized carbons (Fsp3) is 0.133. The third-order valence-electron chi connectivity index (χ3n) is 3.06. The van der Waals surface area contributed by atoms with Gasteiger partial charge in [0.25, 0.3) is 0 Å². The van der Waals surface area contributed by atoms with Crippen molar-refractivity contribution in [2.45, 2.75) is 6.54 Å². The molecule has 1 aromatic heterocycles. The number of halogens is 1. The first-order valence-corrected chi connectivity index (χ1v) is 6.27. The maximum Gasteiger partial charge on any atom is 0.201 e. The zero-order chi connectivity index (χ0) is 13.9. The third kappa shape index (κ3) is 2.56. The molecule has 2 N–H and O–H groups in total. The van der Waals surface area contributed by atoms with E-state index in [0.717, 1.165) is 22.3 Å². The molecule has 0 aliphatic carbocycles. The Morgan fingerprint density at radius 2 is 2.00 bits per heavy atom. The normalized spacial score (nSPS) is 10.7. The number of fused-ring (bicyclic) bond motifs is 1. The SMILES string of the molecule is COc1ccc2nc(NCc3ccc(F)cc3)[nH]c2c1. The van der Waals surface area contributed by atoms with Gasteiger partial charge in [-0.2, -0.15) is 0 Å². The van der Waals surface area contributed by atoms with E-state index in [2.05, 4.69) is 15.3 Å². The van der Waals surface area contributed by atoms with Crippen molar-refractivity contribution in [1.82, 2.24) is 9.97 Å². The zero-order valence-electron chi connectivity index (χ0n) is 11.0. The highest BCUT2D eigenvalue weighted by molar-refractivity contribution is 5.79. The first kappa shape index (κ1) is 12.5. The number of rotatable bonds is 4. The topological polar surface area (TPSA) is 49.9 Å². The Morgan fingerprint density at radius 1 is 1.20 bits per heavy atom. The molecule has 0 aliphatic rings. The molecule has 0 atom stereocenters. The van der Waals surface area contributed by atoms with Crippen molar-refractivity contribution in [1.29, 1.82) is 0 Å². The van der Waals surface area contributed by atoms with Crippen LogP contribution in [0.1, 0.15) is 5.56 Å². The Morgan fingerprint density at radius 3 is 2.75 bits per heavy atom. The minimum Gasteiger partial charge on any atom is -0.497 e. The standard InChI is InChI=1S/C15H14FN3O/c1-20-12-6-7-13-14(8-12)19-15(18-13)17-9-10-2-4-11(16)5-3-10/h2-8H,9H2,1H3,(H2,17,18,19). The van der Waals surface area contributed by atoms with Gasteiger partial charge in [-0.05, 0) is 29.8 Å². The average Bonchev–Trinajstić information content (AvgIpc) is 2.88.